The van der Waals surface area contributed by atoms with Gasteiger partial charge in [0.15, 0.2) is 0 Å². The van der Waals surface area contributed by atoms with Gasteiger partial charge in [0.2, 0.25) is 0 Å². The Kier molecular flexibility index (Phi) is 2.79. The first-order valence-electron chi connectivity index (χ1n) is 6.23. The van der Waals surface area contributed by atoms with E-state index < -0.39 is 0 Å². The lowest BCUT2D eigenvalue weighted by Gasteiger charge is -2.14. The highest BCUT2D eigenvalue weighted by Crippen LogP contribution is 2.24. The minimum absolute atomic E-state index is 0.658. The molecule has 1 aliphatic rings. The van der Waals surface area contributed by atoms with Crippen molar-refractivity contribution >= 4 is 10.8 Å². The van der Waals surface area contributed by atoms with Crippen LogP contribution in [0.5, 0.6) is 0 Å². The molecule has 0 saturated heterocycles. The van der Waals surface area contributed by atoms with E-state index in [0.717, 1.165) is 6.42 Å². The van der Waals surface area contributed by atoms with Crippen LogP contribution in [-0.2, 0) is 6.42 Å². The van der Waals surface area contributed by atoms with Crippen LogP contribution >= 0.6 is 0 Å². The van der Waals surface area contributed by atoms with E-state index in [1.165, 1.54) is 22.8 Å². The fourth-order valence-corrected chi connectivity index (χ4v) is 2.54. The second kappa shape index (κ2) is 4.58. The van der Waals surface area contributed by atoms with Gasteiger partial charge >= 0.3 is 0 Å². The number of benzene rings is 2. The van der Waals surface area contributed by atoms with E-state index >= 15 is 0 Å². The van der Waals surface area contributed by atoms with Crippen molar-refractivity contribution in [3.63, 3.8) is 0 Å². The third-order valence-electron chi connectivity index (χ3n) is 3.43. The minimum Gasteiger partial charge on any atom is -0.0840 e. The summed E-state index contributed by atoms with van der Waals surface area (Å²) in [6, 6.07) is 15.3. The Hall–Kier alpha value is -1.82. The Morgan fingerprint density at radius 3 is 2.71 bits per heavy atom. The molecule has 0 heteroatoms. The Bertz CT molecular complexity index is 570. The maximum absolute atomic E-state index is 2.32. The first-order valence-corrected chi connectivity index (χ1v) is 6.23. The normalized spacial score (nSPS) is 18.7. The Morgan fingerprint density at radius 1 is 0.941 bits per heavy atom. The maximum atomic E-state index is 2.32. The lowest BCUT2D eigenvalue weighted by Crippen LogP contribution is -2.02. The van der Waals surface area contributed by atoms with Crippen LogP contribution in [0.15, 0.2) is 66.8 Å². The first kappa shape index (κ1) is 10.3. The summed E-state index contributed by atoms with van der Waals surface area (Å²) < 4.78 is 0. The highest BCUT2D eigenvalue weighted by Gasteiger charge is 2.08. The van der Waals surface area contributed by atoms with Crippen LogP contribution in [-0.4, -0.2) is 0 Å². The molecule has 0 amide bonds. The molecule has 1 aliphatic carbocycles. The second-order valence-corrected chi connectivity index (χ2v) is 4.65. The zero-order valence-corrected chi connectivity index (χ0v) is 9.84. The van der Waals surface area contributed by atoms with Crippen molar-refractivity contribution in [1.29, 1.82) is 0 Å². The Morgan fingerprint density at radius 2 is 1.82 bits per heavy atom. The molecular formula is C17H16. The Labute approximate surface area is 102 Å². The molecule has 0 heterocycles. The molecule has 0 bridgehead atoms. The summed E-state index contributed by atoms with van der Waals surface area (Å²) in [5, 5.41) is 2.75. The second-order valence-electron chi connectivity index (χ2n) is 4.65. The predicted octanol–water partition coefficient (Wildman–Crippen LogP) is 4.51. The number of hydrogen-bond acceptors (Lipinski definition) is 0. The summed E-state index contributed by atoms with van der Waals surface area (Å²) in [6.07, 6.45) is 11.2. The van der Waals surface area contributed by atoms with Crippen LogP contribution in [0, 0.1) is 5.92 Å². The van der Waals surface area contributed by atoms with Gasteiger partial charge in [0.25, 0.3) is 0 Å². The van der Waals surface area contributed by atoms with Crippen LogP contribution in [0.4, 0.5) is 0 Å². The van der Waals surface area contributed by atoms with Crippen LogP contribution in [0.25, 0.3) is 10.8 Å². The number of rotatable bonds is 2. The molecule has 84 valence electrons. The largest absolute Gasteiger partial charge is 0.0840 e. The molecule has 2 aromatic carbocycles. The summed E-state index contributed by atoms with van der Waals surface area (Å²) in [7, 11) is 0. The smallest absolute Gasteiger partial charge is 0.0152 e. The molecule has 17 heavy (non-hydrogen) atoms. The molecule has 0 radical (unpaired) electrons. The average molecular weight is 220 g/mol. The van der Waals surface area contributed by atoms with Crippen molar-refractivity contribution in [3.8, 4) is 0 Å². The van der Waals surface area contributed by atoms with Gasteiger partial charge in [-0.3, -0.25) is 0 Å². The number of fused-ring (bicyclic) bond motifs is 1. The molecule has 0 N–H and O–H groups in total. The molecule has 0 aliphatic heterocycles. The summed E-state index contributed by atoms with van der Waals surface area (Å²) >= 11 is 0. The van der Waals surface area contributed by atoms with E-state index in [9.17, 15) is 0 Å². The van der Waals surface area contributed by atoms with Gasteiger partial charge in [0.05, 0.1) is 0 Å². The summed E-state index contributed by atoms with van der Waals surface area (Å²) in [5.41, 5.74) is 1.47. The monoisotopic (exact) mass is 220 g/mol. The fraction of sp³-hybridized carbons (Fsp3) is 0.176. The van der Waals surface area contributed by atoms with Crippen LogP contribution in [0.2, 0.25) is 0 Å². The molecule has 0 saturated carbocycles. The van der Waals surface area contributed by atoms with E-state index in [4.69, 9.17) is 0 Å². The van der Waals surface area contributed by atoms with Gasteiger partial charge in [-0.15, -0.1) is 0 Å². The van der Waals surface area contributed by atoms with Gasteiger partial charge in [-0.2, -0.15) is 0 Å². The van der Waals surface area contributed by atoms with Crippen molar-refractivity contribution in [2.45, 2.75) is 12.8 Å². The van der Waals surface area contributed by atoms with Crippen molar-refractivity contribution in [2.75, 3.05) is 0 Å². The quantitative estimate of drug-likeness (QED) is 0.698. The Balaban J connectivity index is 1.94. The van der Waals surface area contributed by atoms with Crippen molar-refractivity contribution in [1.82, 2.24) is 0 Å². The molecule has 2 aromatic rings. The molecule has 1 atom stereocenters. The van der Waals surface area contributed by atoms with Gasteiger partial charge in [0, 0.05) is 0 Å². The highest BCUT2D eigenvalue weighted by molar-refractivity contribution is 5.85. The molecule has 0 nitrogen and oxygen atoms in total. The van der Waals surface area contributed by atoms with Crippen molar-refractivity contribution in [2.24, 2.45) is 5.92 Å². The molecule has 0 aromatic heterocycles. The molecule has 0 fully saturated rings. The van der Waals surface area contributed by atoms with Crippen LogP contribution < -0.4 is 0 Å². The average Bonchev–Trinajstić information content (AvgIpc) is 2.40. The predicted molar refractivity (Wildman–Crippen MR) is 74.0 cm³/mol. The van der Waals surface area contributed by atoms with E-state index in [2.05, 4.69) is 66.8 Å². The topological polar surface area (TPSA) is 0 Å². The zero-order chi connectivity index (χ0) is 11.5. The van der Waals surface area contributed by atoms with Crippen molar-refractivity contribution < 1.29 is 0 Å². The van der Waals surface area contributed by atoms with Gasteiger partial charge in [-0.1, -0.05) is 66.8 Å². The number of hydrogen-bond donors (Lipinski definition) is 0. The van der Waals surface area contributed by atoms with Gasteiger partial charge < -0.3 is 0 Å². The molecule has 0 spiro atoms. The first-order chi connectivity index (χ1) is 8.43. The van der Waals surface area contributed by atoms with Gasteiger partial charge in [-0.25, -0.2) is 0 Å². The third-order valence-corrected chi connectivity index (χ3v) is 3.43. The van der Waals surface area contributed by atoms with E-state index in [-0.39, 0.29) is 0 Å². The van der Waals surface area contributed by atoms with Gasteiger partial charge in [0.1, 0.15) is 0 Å². The fourth-order valence-electron chi connectivity index (χ4n) is 2.54. The summed E-state index contributed by atoms with van der Waals surface area (Å²) in [5.74, 6) is 0.658. The lowest BCUT2D eigenvalue weighted by atomic mass is 9.91. The van der Waals surface area contributed by atoms with Gasteiger partial charge in [-0.05, 0) is 35.1 Å². The van der Waals surface area contributed by atoms with E-state index in [1.54, 1.807) is 0 Å². The molecule has 1 unspecified atom stereocenters. The number of allylic oxidation sites excluding steroid dienone is 4. The molecule has 3 rings (SSSR count). The standard InChI is InChI=1S/C17H16/c1-2-7-14(8-3-1)13-16-11-6-10-15-9-4-5-12-17(15)16/h1-7,9-12,14H,8,13H2. The zero-order valence-electron chi connectivity index (χ0n) is 9.84. The van der Waals surface area contributed by atoms with E-state index in [0.29, 0.717) is 5.92 Å². The van der Waals surface area contributed by atoms with Crippen LogP contribution in [0.1, 0.15) is 12.0 Å². The summed E-state index contributed by atoms with van der Waals surface area (Å²) in [6.45, 7) is 0. The third kappa shape index (κ3) is 2.16. The maximum Gasteiger partial charge on any atom is -0.0152 e. The van der Waals surface area contributed by atoms with E-state index in [1.807, 2.05) is 0 Å². The molecular weight excluding hydrogens is 204 g/mol. The van der Waals surface area contributed by atoms with Crippen molar-refractivity contribution in [3.05, 3.63) is 72.3 Å². The summed E-state index contributed by atoms with van der Waals surface area (Å²) in [4.78, 5) is 0. The minimum atomic E-state index is 0.658. The lowest BCUT2D eigenvalue weighted by molar-refractivity contribution is 0.656. The van der Waals surface area contributed by atoms with Crippen LogP contribution in [0.3, 0.4) is 0 Å². The SMILES string of the molecule is C1=CCC(Cc2cccc3ccccc23)C=C1. The highest BCUT2D eigenvalue weighted by atomic mass is 14.1.